The van der Waals surface area contributed by atoms with Crippen LogP contribution in [0.5, 0.6) is 11.6 Å². The summed E-state index contributed by atoms with van der Waals surface area (Å²) in [5.74, 6) is 1.95. The summed E-state index contributed by atoms with van der Waals surface area (Å²) in [5.41, 5.74) is 1.69. The quantitative estimate of drug-likeness (QED) is 0.793. The SMILES string of the molecule is C/C=C/c1ccccc1Oc1nc(NC)cn2ccnc12. The number of rotatable bonds is 4. The highest BCUT2D eigenvalue weighted by atomic mass is 16.5. The fourth-order valence-corrected chi connectivity index (χ4v) is 2.09. The van der Waals surface area contributed by atoms with Crippen LogP contribution in [0.3, 0.4) is 0 Å². The van der Waals surface area contributed by atoms with E-state index in [4.69, 9.17) is 4.74 Å². The summed E-state index contributed by atoms with van der Waals surface area (Å²) in [6, 6.07) is 7.83. The van der Waals surface area contributed by atoms with E-state index in [1.54, 1.807) is 6.20 Å². The van der Waals surface area contributed by atoms with Crippen molar-refractivity contribution in [3.63, 3.8) is 0 Å². The number of nitrogens with one attached hydrogen (secondary N) is 1. The zero-order chi connectivity index (χ0) is 14.7. The third kappa shape index (κ3) is 2.58. The van der Waals surface area contributed by atoms with Crippen LogP contribution in [0.1, 0.15) is 12.5 Å². The summed E-state index contributed by atoms with van der Waals surface area (Å²) < 4.78 is 7.87. The number of hydrogen-bond acceptors (Lipinski definition) is 4. The van der Waals surface area contributed by atoms with Crippen molar-refractivity contribution in [3.05, 3.63) is 54.5 Å². The first kappa shape index (κ1) is 13.2. The van der Waals surface area contributed by atoms with E-state index in [1.807, 2.05) is 67.2 Å². The number of benzene rings is 1. The maximum absolute atomic E-state index is 5.99. The van der Waals surface area contributed by atoms with Crippen molar-refractivity contribution < 1.29 is 4.74 Å². The molecule has 3 aromatic rings. The highest BCUT2D eigenvalue weighted by Gasteiger charge is 2.10. The zero-order valence-electron chi connectivity index (χ0n) is 11.9. The second-order valence-corrected chi connectivity index (χ2v) is 4.48. The molecule has 5 nitrogen and oxygen atoms in total. The predicted molar refractivity (Wildman–Crippen MR) is 83.8 cm³/mol. The van der Waals surface area contributed by atoms with Crippen LogP contribution in [0.2, 0.25) is 0 Å². The van der Waals surface area contributed by atoms with Crippen LogP contribution in [0.15, 0.2) is 48.9 Å². The van der Waals surface area contributed by atoms with E-state index in [1.165, 1.54) is 0 Å². The predicted octanol–water partition coefficient (Wildman–Crippen LogP) is 3.60. The molecule has 2 aromatic heterocycles. The molecule has 0 atom stereocenters. The molecule has 1 aromatic carbocycles. The van der Waals surface area contributed by atoms with Crippen molar-refractivity contribution in [1.82, 2.24) is 14.4 Å². The van der Waals surface area contributed by atoms with Gasteiger partial charge in [-0.2, -0.15) is 4.98 Å². The van der Waals surface area contributed by atoms with E-state index < -0.39 is 0 Å². The molecule has 106 valence electrons. The number of ether oxygens (including phenoxy) is 1. The number of allylic oxidation sites excluding steroid dienone is 1. The Morgan fingerprint density at radius 3 is 2.95 bits per heavy atom. The van der Waals surface area contributed by atoms with Gasteiger partial charge in [-0.05, 0) is 13.0 Å². The number of para-hydroxylation sites is 1. The molecule has 0 saturated heterocycles. The van der Waals surface area contributed by atoms with E-state index in [0.29, 0.717) is 11.5 Å². The van der Waals surface area contributed by atoms with Gasteiger partial charge in [0.25, 0.3) is 5.88 Å². The topological polar surface area (TPSA) is 51.5 Å². The largest absolute Gasteiger partial charge is 0.435 e. The molecule has 2 heterocycles. The summed E-state index contributed by atoms with van der Waals surface area (Å²) in [7, 11) is 1.82. The summed E-state index contributed by atoms with van der Waals surface area (Å²) in [6.07, 6.45) is 9.43. The lowest BCUT2D eigenvalue weighted by atomic mass is 10.2. The molecule has 0 aliphatic carbocycles. The van der Waals surface area contributed by atoms with Crippen LogP contribution in [0, 0.1) is 0 Å². The van der Waals surface area contributed by atoms with Crippen molar-refractivity contribution >= 4 is 17.5 Å². The molecule has 0 amide bonds. The van der Waals surface area contributed by atoms with Crippen LogP contribution in [-0.2, 0) is 0 Å². The first-order chi connectivity index (χ1) is 10.3. The van der Waals surface area contributed by atoms with E-state index in [-0.39, 0.29) is 0 Å². The molecule has 5 heteroatoms. The van der Waals surface area contributed by atoms with Gasteiger partial charge in [-0.15, -0.1) is 0 Å². The highest BCUT2D eigenvalue weighted by Crippen LogP contribution is 2.28. The van der Waals surface area contributed by atoms with Gasteiger partial charge in [-0.25, -0.2) is 4.98 Å². The second kappa shape index (κ2) is 5.66. The minimum Gasteiger partial charge on any atom is -0.435 e. The normalized spacial score (nSPS) is 11.1. The fourth-order valence-electron chi connectivity index (χ4n) is 2.09. The second-order valence-electron chi connectivity index (χ2n) is 4.48. The maximum atomic E-state index is 5.99. The first-order valence-corrected chi connectivity index (χ1v) is 6.73. The molecule has 21 heavy (non-hydrogen) atoms. The van der Waals surface area contributed by atoms with E-state index in [0.717, 1.165) is 17.1 Å². The Bertz CT molecular complexity index is 792. The van der Waals surface area contributed by atoms with E-state index in [9.17, 15) is 0 Å². The van der Waals surface area contributed by atoms with Crippen molar-refractivity contribution in [2.24, 2.45) is 0 Å². The highest BCUT2D eigenvalue weighted by molar-refractivity contribution is 5.60. The fraction of sp³-hybridized carbons (Fsp3) is 0.125. The lowest BCUT2D eigenvalue weighted by molar-refractivity contribution is 0.464. The molecule has 0 aliphatic rings. The van der Waals surface area contributed by atoms with Crippen molar-refractivity contribution in [1.29, 1.82) is 0 Å². The molecule has 0 fully saturated rings. The molecule has 1 N–H and O–H groups in total. The van der Waals surface area contributed by atoms with E-state index in [2.05, 4.69) is 15.3 Å². The van der Waals surface area contributed by atoms with Gasteiger partial charge in [0, 0.05) is 25.0 Å². The molecular formula is C16H16N4O. The van der Waals surface area contributed by atoms with Gasteiger partial charge in [0.1, 0.15) is 11.6 Å². The standard InChI is InChI=1S/C16H16N4O/c1-3-6-12-7-4-5-8-13(12)21-16-15-18-9-10-20(15)11-14(17-2)19-16/h3-11,17H,1-2H3/b6-3+. The monoisotopic (exact) mass is 280 g/mol. The minimum atomic E-state index is 0.476. The summed E-state index contributed by atoms with van der Waals surface area (Å²) in [5, 5.41) is 3.02. The number of imidazole rings is 1. The van der Waals surface area contributed by atoms with Crippen LogP contribution in [-0.4, -0.2) is 21.4 Å². The number of hydrogen-bond donors (Lipinski definition) is 1. The first-order valence-electron chi connectivity index (χ1n) is 6.73. The van der Waals surface area contributed by atoms with Gasteiger partial charge in [0.15, 0.2) is 0 Å². The van der Waals surface area contributed by atoms with Gasteiger partial charge >= 0.3 is 0 Å². The van der Waals surface area contributed by atoms with Gasteiger partial charge in [-0.3, -0.25) is 4.40 Å². The van der Waals surface area contributed by atoms with Crippen LogP contribution in [0.4, 0.5) is 5.82 Å². The summed E-state index contributed by atoms with van der Waals surface area (Å²) in [4.78, 5) is 8.74. The Morgan fingerprint density at radius 1 is 1.29 bits per heavy atom. The lowest BCUT2D eigenvalue weighted by Crippen LogP contribution is -2.00. The molecule has 0 radical (unpaired) electrons. The Morgan fingerprint density at radius 2 is 2.14 bits per heavy atom. The third-order valence-electron chi connectivity index (χ3n) is 3.07. The van der Waals surface area contributed by atoms with Gasteiger partial charge in [0.2, 0.25) is 5.65 Å². The third-order valence-corrected chi connectivity index (χ3v) is 3.07. The Labute approximate surface area is 122 Å². The van der Waals surface area contributed by atoms with Crippen LogP contribution in [0.25, 0.3) is 11.7 Å². The molecule has 0 saturated carbocycles. The Balaban J connectivity index is 2.07. The summed E-state index contributed by atoms with van der Waals surface area (Å²) in [6.45, 7) is 1.98. The van der Waals surface area contributed by atoms with Gasteiger partial charge < -0.3 is 10.1 Å². The smallest absolute Gasteiger partial charge is 0.265 e. The minimum absolute atomic E-state index is 0.476. The molecule has 0 aliphatic heterocycles. The molecular weight excluding hydrogens is 264 g/mol. The van der Waals surface area contributed by atoms with Gasteiger partial charge in [0.05, 0.1) is 6.20 Å². The molecule has 0 bridgehead atoms. The average Bonchev–Trinajstić information content (AvgIpc) is 2.98. The Hall–Kier alpha value is -2.82. The zero-order valence-corrected chi connectivity index (χ0v) is 11.9. The average molecular weight is 280 g/mol. The number of fused-ring (bicyclic) bond motifs is 1. The number of anilines is 1. The number of aromatic nitrogens is 3. The molecule has 3 rings (SSSR count). The van der Waals surface area contributed by atoms with Crippen LogP contribution < -0.4 is 10.1 Å². The van der Waals surface area contributed by atoms with E-state index >= 15 is 0 Å². The Kier molecular flexibility index (Phi) is 3.55. The lowest BCUT2D eigenvalue weighted by Gasteiger charge is -2.10. The summed E-state index contributed by atoms with van der Waals surface area (Å²) >= 11 is 0. The molecule has 0 unspecified atom stereocenters. The molecule has 0 spiro atoms. The van der Waals surface area contributed by atoms with Crippen molar-refractivity contribution in [3.8, 4) is 11.6 Å². The van der Waals surface area contributed by atoms with Gasteiger partial charge in [-0.1, -0.05) is 30.4 Å². The maximum Gasteiger partial charge on any atom is 0.265 e. The van der Waals surface area contributed by atoms with Crippen LogP contribution >= 0.6 is 0 Å². The van der Waals surface area contributed by atoms with Crippen molar-refractivity contribution in [2.45, 2.75) is 6.92 Å². The van der Waals surface area contributed by atoms with Crippen molar-refractivity contribution in [2.75, 3.05) is 12.4 Å². The number of nitrogens with zero attached hydrogens (tertiary/aromatic N) is 3.